The number of aliphatic hydroxyl groups is 1. The minimum atomic E-state index is -4.54. The Labute approximate surface area is 206 Å². The minimum absolute atomic E-state index is 0.0654. The number of aromatic nitrogens is 1. The summed E-state index contributed by atoms with van der Waals surface area (Å²) in [6, 6.07) is 8.34. The number of ether oxygens (including phenoxy) is 3. The van der Waals surface area contributed by atoms with Crippen LogP contribution in [0.3, 0.4) is 0 Å². The quantitative estimate of drug-likeness (QED) is 0.617. The van der Waals surface area contributed by atoms with Crippen molar-refractivity contribution in [3.05, 3.63) is 35.9 Å². The molecule has 0 bridgehead atoms. The molecule has 1 aromatic carbocycles. The molecule has 4 rings (SSSR count). The van der Waals surface area contributed by atoms with Gasteiger partial charge in [-0.1, -0.05) is 6.07 Å². The molecule has 196 valence electrons. The molecular weight excluding hydrogens is 481 g/mol. The van der Waals surface area contributed by atoms with Crippen molar-refractivity contribution in [2.75, 3.05) is 69.4 Å². The van der Waals surface area contributed by atoms with Crippen LogP contribution in [-0.2, 0) is 9.47 Å². The zero-order chi connectivity index (χ0) is 25.7. The first-order valence-electron chi connectivity index (χ1n) is 11.7. The van der Waals surface area contributed by atoms with Crippen LogP contribution in [0.1, 0.15) is 5.56 Å². The number of nitrogens with zero attached hydrogens (tertiary/aromatic N) is 3. The standard InChI is InChI=1S/C24H29F3N4O5/c1-16-2-3-18(28-23(33)31-6-10-35-20(15-31)24(25,26)27)14-19(16)17-12-21(30-4-8-34-9-5-30)29-22(13-17)36-11-7-32/h2-3,12-14,20,32H,4-11,15H2,1H3,(H,28,33)/t20-/m1/s1. The van der Waals surface area contributed by atoms with Gasteiger partial charge in [0.1, 0.15) is 12.4 Å². The largest absolute Gasteiger partial charge is 0.475 e. The Kier molecular flexibility index (Phi) is 8.17. The molecule has 2 aliphatic rings. The number of carbonyl (C=O) groups is 1. The summed E-state index contributed by atoms with van der Waals surface area (Å²) in [7, 11) is 0. The average Bonchev–Trinajstić information content (AvgIpc) is 2.88. The zero-order valence-corrected chi connectivity index (χ0v) is 19.9. The molecule has 2 fully saturated rings. The van der Waals surface area contributed by atoms with Crippen molar-refractivity contribution in [3.8, 4) is 17.0 Å². The van der Waals surface area contributed by atoms with E-state index in [2.05, 4.69) is 15.2 Å². The molecular formula is C24H29F3N4O5. The van der Waals surface area contributed by atoms with Gasteiger partial charge in [0.2, 0.25) is 5.88 Å². The number of nitrogens with one attached hydrogen (secondary N) is 1. The Morgan fingerprint density at radius 3 is 2.69 bits per heavy atom. The van der Waals surface area contributed by atoms with E-state index in [1.807, 2.05) is 19.1 Å². The normalized spacial score (nSPS) is 18.8. The van der Waals surface area contributed by atoms with Gasteiger partial charge < -0.3 is 34.4 Å². The molecule has 3 heterocycles. The SMILES string of the molecule is Cc1ccc(NC(=O)N2CCO[C@@H](C(F)(F)F)C2)cc1-c1cc(OCCO)nc(N2CCOCC2)c1. The number of aliphatic hydroxyl groups excluding tert-OH is 1. The molecule has 1 atom stereocenters. The van der Waals surface area contributed by atoms with Gasteiger partial charge in [-0.2, -0.15) is 18.2 Å². The molecule has 0 saturated carbocycles. The van der Waals surface area contributed by atoms with Gasteiger partial charge in [0.15, 0.2) is 6.10 Å². The number of rotatable bonds is 6. The number of morpholine rings is 2. The van der Waals surface area contributed by atoms with E-state index in [9.17, 15) is 23.1 Å². The topological polar surface area (TPSA) is 96.4 Å². The van der Waals surface area contributed by atoms with E-state index in [1.54, 1.807) is 18.2 Å². The Morgan fingerprint density at radius 1 is 1.19 bits per heavy atom. The third-order valence-corrected chi connectivity index (χ3v) is 5.98. The Balaban J connectivity index is 1.57. The number of hydrogen-bond donors (Lipinski definition) is 2. The third kappa shape index (κ3) is 6.37. The average molecular weight is 511 g/mol. The first-order valence-corrected chi connectivity index (χ1v) is 11.7. The van der Waals surface area contributed by atoms with Crippen molar-refractivity contribution in [1.82, 2.24) is 9.88 Å². The van der Waals surface area contributed by atoms with Gasteiger partial charge >= 0.3 is 12.2 Å². The highest BCUT2D eigenvalue weighted by Crippen LogP contribution is 2.32. The minimum Gasteiger partial charge on any atom is -0.475 e. The second-order valence-corrected chi connectivity index (χ2v) is 8.53. The molecule has 0 aliphatic carbocycles. The Morgan fingerprint density at radius 2 is 1.97 bits per heavy atom. The lowest BCUT2D eigenvalue weighted by Crippen LogP contribution is -2.52. The van der Waals surface area contributed by atoms with Gasteiger partial charge in [-0.25, -0.2) is 4.79 Å². The van der Waals surface area contributed by atoms with E-state index in [0.29, 0.717) is 43.7 Å². The van der Waals surface area contributed by atoms with Crippen molar-refractivity contribution >= 4 is 17.5 Å². The van der Waals surface area contributed by atoms with Crippen molar-refractivity contribution in [1.29, 1.82) is 0 Å². The molecule has 0 radical (unpaired) electrons. The molecule has 2 aromatic rings. The number of halogens is 3. The van der Waals surface area contributed by atoms with E-state index in [0.717, 1.165) is 21.6 Å². The van der Waals surface area contributed by atoms with Crippen LogP contribution in [0.15, 0.2) is 30.3 Å². The van der Waals surface area contributed by atoms with E-state index >= 15 is 0 Å². The summed E-state index contributed by atoms with van der Waals surface area (Å²) < 4.78 is 54.9. The van der Waals surface area contributed by atoms with E-state index < -0.39 is 24.9 Å². The number of hydrogen-bond acceptors (Lipinski definition) is 7. The fourth-order valence-electron chi connectivity index (χ4n) is 4.07. The lowest BCUT2D eigenvalue weighted by atomic mass is 10.0. The second kappa shape index (κ2) is 11.3. The number of benzene rings is 1. The number of alkyl halides is 3. The van der Waals surface area contributed by atoms with Crippen LogP contribution >= 0.6 is 0 Å². The highest BCUT2D eigenvalue weighted by Gasteiger charge is 2.44. The molecule has 0 unspecified atom stereocenters. The number of amides is 2. The number of aryl methyl sites for hydroxylation is 1. The van der Waals surface area contributed by atoms with Crippen molar-refractivity contribution in [3.63, 3.8) is 0 Å². The van der Waals surface area contributed by atoms with Gasteiger partial charge in [0, 0.05) is 31.4 Å². The van der Waals surface area contributed by atoms with Crippen LogP contribution < -0.4 is 15.0 Å². The van der Waals surface area contributed by atoms with Crippen LogP contribution in [0, 0.1) is 6.92 Å². The maximum atomic E-state index is 13.0. The Bertz CT molecular complexity index is 1060. The monoisotopic (exact) mass is 510 g/mol. The van der Waals surface area contributed by atoms with Gasteiger partial charge in [-0.05, 0) is 41.8 Å². The fourth-order valence-corrected chi connectivity index (χ4v) is 4.07. The first kappa shape index (κ1) is 26.0. The zero-order valence-electron chi connectivity index (χ0n) is 19.9. The van der Waals surface area contributed by atoms with Crippen LogP contribution in [0.4, 0.5) is 29.5 Å². The smallest absolute Gasteiger partial charge is 0.416 e. The van der Waals surface area contributed by atoms with Crippen LogP contribution in [0.2, 0.25) is 0 Å². The lowest BCUT2D eigenvalue weighted by Gasteiger charge is -2.33. The van der Waals surface area contributed by atoms with E-state index in [-0.39, 0.29) is 26.4 Å². The van der Waals surface area contributed by atoms with E-state index in [4.69, 9.17) is 14.2 Å². The number of anilines is 2. The van der Waals surface area contributed by atoms with E-state index in [1.165, 1.54) is 0 Å². The first-order chi connectivity index (χ1) is 17.2. The highest BCUT2D eigenvalue weighted by molar-refractivity contribution is 5.90. The molecule has 36 heavy (non-hydrogen) atoms. The Hall–Kier alpha value is -3.09. The summed E-state index contributed by atoms with van der Waals surface area (Å²) in [5.74, 6) is 1.05. The van der Waals surface area contributed by atoms with Crippen LogP contribution in [0.25, 0.3) is 11.1 Å². The maximum Gasteiger partial charge on any atom is 0.416 e. The molecule has 2 N–H and O–H groups in total. The molecule has 0 spiro atoms. The van der Waals surface area contributed by atoms with Crippen molar-refractivity contribution < 1.29 is 37.3 Å². The number of urea groups is 1. The second-order valence-electron chi connectivity index (χ2n) is 8.53. The van der Waals surface area contributed by atoms with Gasteiger partial charge in [0.05, 0.1) is 33.0 Å². The van der Waals surface area contributed by atoms with Crippen molar-refractivity contribution in [2.45, 2.75) is 19.2 Å². The molecule has 9 nitrogen and oxygen atoms in total. The summed E-state index contributed by atoms with van der Waals surface area (Å²) in [6.07, 6.45) is -6.54. The summed E-state index contributed by atoms with van der Waals surface area (Å²) in [6.45, 7) is 3.67. The molecule has 2 amide bonds. The van der Waals surface area contributed by atoms with Crippen LogP contribution in [0.5, 0.6) is 5.88 Å². The summed E-state index contributed by atoms with van der Waals surface area (Å²) >= 11 is 0. The molecule has 1 aromatic heterocycles. The number of pyridine rings is 1. The lowest BCUT2D eigenvalue weighted by molar-refractivity contribution is -0.233. The van der Waals surface area contributed by atoms with Gasteiger partial charge in [-0.15, -0.1) is 0 Å². The highest BCUT2D eigenvalue weighted by atomic mass is 19.4. The fraction of sp³-hybridized carbons (Fsp3) is 0.500. The summed E-state index contributed by atoms with van der Waals surface area (Å²) in [4.78, 5) is 20.5. The van der Waals surface area contributed by atoms with Gasteiger partial charge in [-0.3, -0.25) is 0 Å². The maximum absolute atomic E-state index is 13.0. The third-order valence-electron chi connectivity index (χ3n) is 5.98. The molecule has 12 heteroatoms. The predicted octanol–water partition coefficient (Wildman–Crippen LogP) is 3.06. The van der Waals surface area contributed by atoms with Crippen LogP contribution in [-0.4, -0.2) is 92.5 Å². The molecule has 2 saturated heterocycles. The molecule has 2 aliphatic heterocycles. The van der Waals surface area contributed by atoms with Crippen molar-refractivity contribution in [2.24, 2.45) is 0 Å². The summed E-state index contributed by atoms with van der Waals surface area (Å²) in [5.41, 5.74) is 2.95. The van der Waals surface area contributed by atoms with Gasteiger partial charge in [0.25, 0.3) is 0 Å². The number of carbonyl (C=O) groups excluding carboxylic acids is 1. The predicted molar refractivity (Wildman–Crippen MR) is 126 cm³/mol. The summed E-state index contributed by atoms with van der Waals surface area (Å²) in [5, 5.41) is 11.9.